The van der Waals surface area contributed by atoms with Gasteiger partial charge in [0.05, 0.1) is 16.1 Å². The van der Waals surface area contributed by atoms with E-state index in [1.165, 1.54) is 24.3 Å². The Bertz CT molecular complexity index is 741. The summed E-state index contributed by atoms with van der Waals surface area (Å²) in [4.78, 5) is 11.0. The lowest BCUT2D eigenvalue weighted by Gasteiger charge is -2.09. The van der Waals surface area contributed by atoms with Gasteiger partial charge in [-0.15, -0.1) is 0 Å². The number of anilines is 1. The predicted molar refractivity (Wildman–Crippen MR) is 76.9 cm³/mol. The summed E-state index contributed by atoms with van der Waals surface area (Å²) < 4.78 is 13.2. The molecule has 0 unspecified atom stereocenters. The van der Waals surface area contributed by atoms with Gasteiger partial charge in [0.15, 0.2) is 0 Å². The molecule has 0 spiro atoms. The first-order valence-electron chi connectivity index (χ1n) is 5.96. The monoisotopic (exact) mass is 304 g/mol. The smallest absolute Gasteiger partial charge is 0.337 e. The molecule has 2 rings (SSSR count). The summed E-state index contributed by atoms with van der Waals surface area (Å²) in [6, 6.07) is 10.5. The zero-order valence-electron chi connectivity index (χ0n) is 10.7. The highest BCUT2D eigenvalue weighted by Gasteiger charge is 2.09. The molecule has 0 aliphatic heterocycles. The van der Waals surface area contributed by atoms with Gasteiger partial charge in [-0.3, -0.25) is 0 Å². The minimum atomic E-state index is -1.11. The molecule has 0 saturated carbocycles. The maximum Gasteiger partial charge on any atom is 0.337 e. The molecule has 106 valence electrons. The summed E-state index contributed by atoms with van der Waals surface area (Å²) in [5, 5.41) is 20.9. The van der Waals surface area contributed by atoms with Crippen LogP contribution >= 0.6 is 11.6 Å². The summed E-state index contributed by atoms with van der Waals surface area (Å²) in [7, 11) is 0. The number of nitrogens with one attached hydrogen (secondary N) is 1. The largest absolute Gasteiger partial charge is 0.478 e. The summed E-state index contributed by atoms with van der Waals surface area (Å²) in [5.41, 5.74) is 1.24. The standard InChI is InChI=1S/C15H10ClFN2O2/c16-13-3-2-11(6-12(13)15(20)21)19-8-9-1-4-14(17)10(5-9)7-18/h1-6,19H,8H2,(H,20,21). The number of carboxylic acid groups (broad SMARTS) is 1. The molecule has 0 amide bonds. The van der Waals surface area contributed by atoms with Gasteiger partial charge >= 0.3 is 5.97 Å². The van der Waals surface area contributed by atoms with E-state index >= 15 is 0 Å². The molecule has 0 atom stereocenters. The fraction of sp³-hybridized carbons (Fsp3) is 0.0667. The fourth-order valence-corrected chi connectivity index (χ4v) is 1.97. The van der Waals surface area contributed by atoms with Crippen LogP contribution in [0.1, 0.15) is 21.5 Å². The number of carbonyl (C=O) groups is 1. The molecule has 4 nitrogen and oxygen atoms in total. The summed E-state index contributed by atoms with van der Waals surface area (Å²) >= 11 is 5.78. The predicted octanol–water partition coefficient (Wildman–Crippen LogP) is 3.66. The maximum absolute atomic E-state index is 13.2. The Morgan fingerprint density at radius 3 is 2.76 bits per heavy atom. The van der Waals surface area contributed by atoms with Crippen LogP contribution in [0.3, 0.4) is 0 Å². The van der Waals surface area contributed by atoms with E-state index in [1.807, 2.05) is 0 Å². The molecule has 2 aromatic rings. The highest BCUT2D eigenvalue weighted by Crippen LogP contribution is 2.21. The van der Waals surface area contributed by atoms with Crippen molar-refractivity contribution in [2.75, 3.05) is 5.32 Å². The maximum atomic E-state index is 13.2. The highest BCUT2D eigenvalue weighted by atomic mass is 35.5. The van der Waals surface area contributed by atoms with Crippen molar-refractivity contribution >= 4 is 23.3 Å². The zero-order valence-corrected chi connectivity index (χ0v) is 11.5. The van der Waals surface area contributed by atoms with Crippen molar-refractivity contribution in [2.45, 2.75) is 6.54 Å². The van der Waals surface area contributed by atoms with Crippen molar-refractivity contribution < 1.29 is 14.3 Å². The molecule has 0 radical (unpaired) electrons. The van der Waals surface area contributed by atoms with Gasteiger partial charge in [0.1, 0.15) is 11.9 Å². The topological polar surface area (TPSA) is 73.1 Å². The SMILES string of the molecule is N#Cc1cc(CNc2ccc(Cl)c(C(=O)O)c2)ccc1F. The normalized spacial score (nSPS) is 9.95. The molecule has 6 heteroatoms. The first-order valence-corrected chi connectivity index (χ1v) is 6.34. The molecular weight excluding hydrogens is 295 g/mol. The molecular formula is C15H10ClFN2O2. The Kier molecular flexibility index (Phi) is 4.41. The third-order valence-corrected chi connectivity index (χ3v) is 3.17. The average molecular weight is 305 g/mol. The van der Waals surface area contributed by atoms with Crippen LogP contribution in [-0.2, 0) is 6.54 Å². The summed E-state index contributed by atoms with van der Waals surface area (Å²) in [6.07, 6.45) is 0. The molecule has 2 aromatic carbocycles. The van der Waals surface area contributed by atoms with Gasteiger partial charge < -0.3 is 10.4 Å². The molecule has 0 fully saturated rings. The second-order valence-corrected chi connectivity index (χ2v) is 4.69. The lowest BCUT2D eigenvalue weighted by atomic mass is 10.1. The van der Waals surface area contributed by atoms with Crippen LogP contribution in [0, 0.1) is 17.1 Å². The van der Waals surface area contributed by atoms with E-state index in [1.54, 1.807) is 18.2 Å². The lowest BCUT2D eigenvalue weighted by Crippen LogP contribution is -2.03. The van der Waals surface area contributed by atoms with E-state index in [0.717, 1.165) is 0 Å². The zero-order chi connectivity index (χ0) is 15.4. The van der Waals surface area contributed by atoms with E-state index in [-0.39, 0.29) is 16.1 Å². The Morgan fingerprint density at radius 2 is 2.10 bits per heavy atom. The van der Waals surface area contributed by atoms with Gasteiger partial charge in [-0.1, -0.05) is 17.7 Å². The number of aromatic carboxylic acids is 1. The van der Waals surface area contributed by atoms with Gasteiger partial charge in [0, 0.05) is 12.2 Å². The third kappa shape index (κ3) is 3.50. The van der Waals surface area contributed by atoms with Crippen molar-refractivity contribution in [1.82, 2.24) is 0 Å². The van der Waals surface area contributed by atoms with Crippen molar-refractivity contribution in [3.05, 3.63) is 63.9 Å². The van der Waals surface area contributed by atoms with Crippen LogP contribution in [-0.4, -0.2) is 11.1 Å². The van der Waals surface area contributed by atoms with Crippen molar-refractivity contribution in [2.24, 2.45) is 0 Å². The van der Waals surface area contributed by atoms with Gasteiger partial charge in [-0.2, -0.15) is 5.26 Å². The number of carboxylic acids is 1. The Balaban J connectivity index is 2.15. The first kappa shape index (κ1) is 14.8. The summed E-state index contributed by atoms with van der Waals surface area (Å²) in [6.45, 7) is 0.329. The van der Waals surface area contributed by atoms with Crippen LogP contribution in [0.15, 0.2) is 36.4 Å². The Hall–Kier alpha value is -2.58. The molecule has 0 saturated heterocycles. The average Bonchev–Trinajstić information content (AvgIpc) is 2.47. The summed E-state index contributed by atoms with van der Waals surface area (Å²) in [5.74, 6) is -1.68. The van der Waals surface area contributed by atoms with Crippen LogP contribution in [0.2, 0.25) is 5.02 Å². The second-order valence-electron chi connectivity index (χ2n) is 4.28. The fourth-order valence-electron chi connectivity index (χ4n) is 1.77. The quantitative estimate of drug-likeness (QED) is 0.904. The van der Waals surface area contributed by atoms with Crippen molar-refractivity contribution in [3.63, 3.8) is 0 Å². The molecule has 21 heavy (non-hydrogen) atoms. The van der Waals surface area contributed by atoms with Crippen molar-refractivity contribution in [1.29, 1.82) is 5.26 Å². The molecule has 0 aromatic heterocycles. The highest BCUT2D eigenvalue weighted by molar-refractivity contribution is 6.33. The van der Waals surface area contributed by atoms with Crippen LogP contribution in [0.4, 0.5) is 10.1 Å². The van der Waals surface area contributed by atoms with Gasteiger partial charge in [-0.25, -0.2) is 9.18 Å². The lowest BCUT2D eigenvalue weighted by molar-refractivity contribution is 0.0697. The van der Waals surface area contributed by atoms with E-state index in [2.05, 4.69) is 5.32 Å². The van der Waals surface area contributed by atoms with E-state index in [4.69, 9.17) is 22.0 Å². The van der Waals surface area contributed by atoms with E-state index in [9.17, 15) is 9.18 Å². The Labute approximate surface area is 125 Å². The number of nitriles is 1. The Morgan fingerprint density at radius 1 is 1.33 bits per heavy atom. The van der Waals surface area contributed by atoms with Crippen molar-refractivity contribution in [3.8, 4) is 6.07 Å². The number of hydrogen-bond donors (Lipinski definition) is 2. The van der Waals surface area contributed by atoms with Crippen LogP contribution in [0.25, 0.3) is 0 Å². The molecule has 0 bridgehead atoms. The second kappa shape index (κ2) is 6.25. The first-order chi connectivity index (χ1) is 10.0. The number of halogens is 2. The minimum absolute atomic E-state index is 0.00140. The van der Waals surface area contributed by atoms with E-state index < -0.39 is 11.8 Å². The molecule has 0 aliphatic rings. The number of benzene rings is 2. The van der Waals surface area contributed by atoms with E-state index in [0.29, 0.717) is 17.8 Å². The van der Waals surface area contributed by atoms with Gasteiger partial charge in [-0.05, 0) is 35.9 Å². The van der Waals surface area contributed by atoms with Crippen LogP contribution in [0.5, 0.6) is 0 Å². The van der Waals surface area contributed by atoms with Gasteiger partial charge in [0.25, 0.3) is 0 Å². The van der Waals surface area contributed by atoms with Gasteiger partial charge in [0.2, 0.25) is 0 Å². The number of nitrogens with zero attached hydrogens (tertiary/aromatic N) is 1. The minimum Gasteiger partial charge on any atom is -0.478 e. The third-order valence-electron chi connectivity index (χ3n) is 2.84. The number of hydrogen-bond acceptors (Lipinski definition) is 3. The molecule has 0 aliphatic carbocycles. The molecule has 2 N–H and O–H groups in total. The van der Waals surface area contributed by atoms with Crippen LogP contribution < -0.4 is 5.32 Å². The number of rotatable bonds is 4. The molecule has 0 heterocycles.